The molecule has 1 aromatic carbocycles. The summed E-state index contributed by atoms with van der Waals surface area (Å²) in [4.78, 5) is 16.7. The monoisotopic (exact) mass is 333 g/mol. The molecule has 2 rings (SSSR count). The Balaban J connectivity index is 2.07. The Morgan fingerprint density at radius 2 is 2.26 bits per heavy atom. The molecule has 6 heteroatoms. The number of anilines is 1. The van der Waals surface area contributed by atoms with E-state index >= 15 is 0 Å². The fourth-order valence-electron chi connectivity index (χ4n) is 2.21. The summed E-state index contributed by atoms with van der Waals surface area (Å²) in [6.07, 6.45) is 2.49. The zero-order valence-corrected chi connectivity index (χ0v) is 14.7. The van der Waals surface area contributed by atoms with E-state index in [2.05, 4.69) is 15.6 Å². The molecular formula is C17H23N3O2S. The van der Waals surface area contributed by atoms with Crippen LogP contribution in [0.15, 0.2) is 35.8 Å². The number of thiazole rings is 1. The second-order valence-corrected chi connectivity index (χ2v) is 6.50. The number of hydrogen-bond acceptors (Lipinski definition) is 4. The van der Waals surface area contributed by atoms with Gasteiger partial charge in [0.1, 0.15) is 5.01 Å². The van der Waals surface area contributed by atoms with E-state index in [9.17, 15) is 4.79 Å². The SMILES string of the molecule is CC[C@@](C)(NC(=O)Nc1cccc([C@H](C)OC)c1)c1nccs1. The number of hydrogen-bond donors (Lipinski definition) is 2. The van der Waals surface area contributed by atoms with Crippen LogP contribution in [0.4, 0.5) is 10.5 Å². The summed E-state index contributed by atoms with van der Waals surface area (Å²) < 4.78 is 5.31. The standard InChI is InChI=1S/C17H23N3O2S/c1-5-17(3,15-18-9-10-23-15)20-16(21)19-14-8-6-7-13(11-14)12(2)22-4/h6-12H,5H2,1-4H3,(H2,19,20,21)/t12-,17+/m0/s1. The van der Waals surface area contributed by atoms with Crippen molar-refractivity contribution in [3.05, 3.63) is 46.4 Å². The molecule has 0 spiro atoms. The Morgan fingerprint density at radius 1 is 1.48 bits per heavy atom. The van der Waals surface area contributed by atoms with Gasteiger partial charge in [0.05, 0.1) is 11.6 Å². The second kappa shape index (κ2) is 7.57. The topological polar surface area (TPSA) is 63.2 Å². The van der Waals surface area contributed by atoms with Gasteiger partial charge in [0.25, 0.3) is 0 Å². The lowest BCUT2D eigenvalue weighted by Gasteiger charge is -2.27. The third-order valence-electron chi connectivity index (χ3n) is 3.97. The lowest BCUT2D eigenvalue weighted by molar-refractivity contribution is 0.119. The molecule has 0 saturated heterocycles. The van der Waals surface area contributed by atoms with Gasteiger partial charge >= 0.3 is 6.03 Å². The Kier molecular flexibility index (Phi) is 5.74. The van der Waals surface area contributed by atoms with Crippen molar-refractivity contribution in [1.29, 1.82) is 0 Å². The van der Waals surface area contributed by atoms with Crippen molar-refractivity contribution < 1.29 is 9.53 Å². The molecule has 2 atom stereocenters. The van der Waals surface area contributed by atoms with Crippen molar-refractivity contribution in [3.8, 4) is 0 Å². The van der Waals surface area contributed by atoms with E-state index in [1.165, 1.54) is 0 Å². The molecule has 0 unspecified atom stereocenters. The number of nitrogens with one attached hydrogen (secondary N) is 2. The van der Waals surface area contributed by atoms with Crippen LogP contribution in [0.25, 0.3) is 0 Å². The van der Waals surface area contributed by atoms with Gasteiger partial charge in [0, 0.05) is 24.4 Å². The second-order valence-electron chi connectivity index (χ2n) is 5.61. The van der Waals surface area contributed by atoms with Crippen LogP contribution >= 0.6 is 11.3 Å². The molecule has 0 saturated carbocycles. The molecule has 1 heterocycles. The number of carbonyl (C=O) groups excluding carboxylic acids is 1. The van der Waals surface area contributed by atoms with Crippen LogP contribution in [0.3, 0.4) is 0 Å². The van der Waals surface area contributed by atoms with Crippen LogP contribution in [0.5, 0.6) is 0 Å². The molecule has 124 valence electrons. The first kappa shape index (κ1) is 17.4. The van der Waals surface area contributed by atoms with Gasteiger partial charge < -0.3 is 15.4 Å². The van der Waals surface area contributed by atoms with Crippen molar-refractivity contribution in [3.63, 3.8) is 0 Å². The van der Waals surface area contributed by atoms with Crippen molar-refractivity contribution >= 4 is 23.1 Å². The molecule has 0 aliphatic carbocycles. The third kappa shape index (κ3) is 4.30. The predicted molar refractivity (Wildman–Crippen MR) is 93.8 cm³/mol. The van der Waals surface area contributed by atoms with Gasteiger partial charge in [-0.25, -0.2) is 9.78 Å². The lowest BCUT2D eigenvalue weighted by atomic mass is 10.0. The highest BCUT2D eigenvalue weighted by Crippen LogP contribution is 2.26. The minimum absolute atomic E-state index is 0.0176. The van der Waals surface area contributed by atoms with Crippen LogP contribution in [0.2, 0.25) is 0 Å². The first-order valence-electron chi connectivity index (χ1n) is 7.60. The normalized spacial score (nSPS) is 14.8. The zero-order chi connectivity index (χ0) is 16.9. The highest BCUT2D eigenvalue weighted by molar-refractivity contribution is 7.09. The number of benzene rings is 1. The molecule has 5 nitrogen and oxygen atoms in total. The minimum Gasteiger partial charge on any atom is -0.377 e. The number of urea groups is 1. The molecule has 2 N–H and O–H groups in total. The van der Waals surface area contributed by atoms with Gasteiger partial charge in [0.2, 0.25) is 0 Å². The molecule has 23 heavy (non-hydrogen) atoms. The maximum absolute atomic E-state index is 12.4. The highest BCUT2D eigenvalue weighted by Gasteiger charge is 2.29. The number of nitrogens with zero attached hydrogens (tertiary/aromatic N) is 1. The van der Waals surface area contributed by atoms with E-state index in [4.69, 9.17) is 4.74 Å². The Bertz CT molecular complexity index is 645. The number of amides is 2. The first-order chi connectivity index (χ1) is 11.0. The highest BCUT2D eigenvalue weighted by atomic mass is 32.1. The Hall–Kier alpha value is -1.92. The minimum atomic E-state index is -0.477. The fraction of sp³-hybridized carbons (Fsp3) is 0.412. The fourth-order valence-corrected chi connectivity index (χ4v) is 3.04. The quantitative estimate of drug-likeness (QED) is 0.828. The van der Waals surface area contributed by atoms with Gasteiger partial charge in [-0.15, -0.1) is 11.3 Å². The number of aromatic nitrogens is 1. The van der Waals surface area contributed by atoms with E-state index < -0.39 is 5.54 Å². The lowest BCUT2D eigenvalue weighted by Crippen LogP contribution is -2.45. The average molecular weight is 333 g/mol. The Morgan fingerprint density at radius 3 is 2.87 bits per heavy atom. The molecular weight excluding hydrogens is 310 g/mol. The van der Waals surface area contributed by atoms with Crippen LogP contribution in [-0.2, 0) is 10.3 Å². The summed E-state index contributed by atoms with van der Waals surface area (Å²) >= 11 is 1.54. The predicted octanol–water partition coefficient (Wildman–Crippen LogP) is 4.30. The van der Waals surface area contributed by atoms with Gasteiger partial charge in [-0.05, 0) is 38.0 Å². The zero-order valence-electron chi connectivity index (χ0n) is 13.9. The number of rotatable bonds is 6. The van der Waals surface area contributed by atoms with Crippen LogP contribution in [-0.4, -0.2) is 18.1 Å². The van der Waals surface area contributed by atoms with Crippen LogP contribution in [0, 0.1) is 0 Å². The van der Waals surface area contributed by atoms with E-state index in [1.807, 2.05) is 50.4 Å². The van der Waals surface area contributed by atoms with Gasteiger partial charge in [0.15, 0.2) is 0 Å². The molecule has 1 aromatic heterocycles. The Labute approximate surface area is 141 Å². The molecule has 0 aliphatic heterocycles. The van der Waals surface area contributed by atoms with Gasteiger partial charge in [-0.1, -0.05) is 19.1 Å². The summed E-state index contributed by atoms with van der Waals surface area (Å²) in [6.45, 7) is 5.98. The van der Waals surface area contributed by atoms with Crippen LogP contribution in [0.1, 0.15) is 43.9 Å². The average Bonchev–Trinajstić information content (AvgIpc) is 3.09. The summed E-state index contributed by atoms with van der Waals surface area (Å²) in [5.41, 5.74) is 1.28. The molecule has 0 fully saturated rings. The molecule has 2 aromatic rings. The number of methoxy groups -OCH3 is 1. The number of carbonyl (C=O) groups is 1. The molecule has 0 radical (unpaired) electrons. The van der Waals surface area contributed by atoms with E-state index in [0.717, 1.165) is 22.7 Å². The summed E-state index contributed by atoms with van der Waals surface area (Å²) in [7, 11) is 1.66. The van der Waals surface area contributed by atoms with E-state index in [0.29, 0.717) is 0 Å². The van der Waals surface area contributed by atoms with Gasteiger partial charge in [-0.2, -0.15) is 0 Å². The largest absolute Gasteiger partial charge is 0.377 e. The van der Waals surface area contributed by atoms with Crippen molar-refractivity contribution in [1.82, 2.24) is 10.3 Å². The molecule has 0 aliphatic rings. The van der Waals surface area contributed by atoms with Crippen molar-refractivity contribution in [2.75, 3.05) is 12.4 Å². The van der Waals surface area contributed by atoms with Crippen LogP contribution < -0.4 is 10.6 Å². The number of ether oxygens (including phenoxy) is 1. The maximum Gasteiger partial charge on any atom is 0.320 e. The van der Waals surface area contributed by atoms with Gasteiger partial charge in [-0.3, -0.25) is 0 Å². The third-order valence-corrected chi connectivity index (χ3v) is 5.01. The van der Waals surface area contributed by atoms with Crippen molar-refractivity contribution in [2.24, 2.45) is 0 Å². The maximum atomic E-state index is 12.4. The van der Waals surface area contributed by atoms with E-state index in [-0.39, 0.29) is 12.1 Å². The molecule has 0 bridgehead atoms. The van der Waals surface area contributed by atoms with E-state index in [1.54, 1.807) is 24.6 Å². The summed E-state index contributed by atoms with van der Waals surface area (Å²) in [6, 6.07) is 7.41. The van der Waals surface area contributed by atoms with Crippen molar-refractivity contribution in [2.45, 2.75) is 38.8 Å². The summed E-state index contributed by atoms with van der Waals surface area (Å²) in [5.74, 6) is 0. The summed E-state index contributed by atoms with van der Waals surface area (Å²) in [5, 5.41) is 8.72. The smallest absolute Gasteiger partial charge is 0.320 e. The first-order valence-corrected chi connectivity index (χ1v) is 8.48. The molecule has 2 amide bonds.